The lowest BCUT2D eigenvalue weighted by molar-refractivity contribution is -0.133. The van der Waals surface area contributed by atoms with E-state index in [0.29, 0.717) is 5.75 Å². The number of likely N-dealkylation sites (tertiary alicyclic amines) is 1. The maximum atomic E-state index is 12.1. The quantitative estimate of drug-likeness (QED) is 0.918. The van der Waals surface area contributed by atoms with Crippen LogP contribution in [0.3, 0.4) is 0 Å². The average Bonchev–Trinajstić information content (AvgIpc) is 2.74. The molecule has 0 unspecified atom stereocenters. The molecule has 1 amide bonds. The number of amides is 1. The number of benzene rings is 1. The van der Waals surface area contributed by atoms with Crippen molar-refractivity contribution in [2.45, 2.75) is 39.2 Å². The van der Waals surface area contributed by atoms with E-state index < -0.39 is 0 Å². The number of aliphatic hydroxyl groups is 1. The molecule has 0 spiro atoms. The van der Waals surface area contributed by atoms with Crippen LogP contribution in [-0.2, 0) is 11.4 Å². The number of hydrogen-bond donors (Lipinski definition) is 1. The van der Waals surface area contributed by atoms with E-state index in [9.17, 15) is 9.90 Å². The van der Waals surface area contributed by atoms with Gasteiger partial charge in [0.25, 0.3) is 5.91 Å². The third kappa shape index (κ3) is 3.97. The fourth-order valence-electron chi connectivity index (χ4n) is 2.52. The number of hydrogen-bond acceptors (Lipinski definition) is 3. The highest BCUT2D eigenvalue weighted by Crippen LogP contribution is 2.20. The fraction of sp³-hybridized carbons (Fsp3) is 0.562. The van der Waals surface area contributed by atoms with Crippen molar-refractivity contribution in [1.82, 2.24) is 4.90 Å². The first-order chi connectivity index (χ1) is 9.70. The van der Waals surface area contributed by atoms with Crippen LogP contribution in [0.4, 0.5) is 0 Å². The first-order valence-corrected chi connectivity index (χ1v) is 7.31. The second-order valence-corrected chi connectivity index (χ2v) is 5.35. The van der Waals surface area contributed by atoms with Gasteiger partial charge in [0, 0.05) is 18.7 Å². The zero-order valence-electron chi connectivity index (χ0n) is 12.1. The SMILES string of the molecule is Cc1ccc(OCC(=O)N2CCCCCC2)c(CO)c1. The maximum Gasteiger partial charge on any atom is 0.260 e. The van der Waals surface area contributed by atoms with E-state index in [-0.39, 0.29) is 19.1 Å². The van der Waals surface area contributed by atoms with Crippen LogP contribution in [0, 0.1) is 6.92 Å². The lowest BCUT2D eigenvalue weighted by Crippen LogP contribution is -2.35. The summed E-state index contributed by atoms with van der Waals surface area (Å²) in [5.74, 6) is 0.637. The Morgan fingerprint density at radius 1 is 1.25 bits per heavy atom. The normalized spacial score (nSPS) is 15.8. The number of nitrogens with zero attached hydrogens (tertiary/aromatic N) is 1. The molecule has 4 heteroatoms. The van der Waals surface area contributed by atoms with Crippen molar-refractivity contribution in [2.75, 3.05) is 19.7 Å². The van der Waals surface area contributed by atoms with Crippen molar-refractivity contribution < 1.29 is 14.6 Å². The fourth-order valence-corrected chi connectivity index (χ4v) is 2.52. The molecule has 2 rings (SSSR count). The molecule has 1 aromatic rings. The molecule has 0 radical (unpaired) electrons. The minimum Gasteiger partial charge on any atom is -0.483 e. The average molecular weight is 277 g/mol. The molecule has 4 nitrogen and oxygen atoms in total. The van der Waals surface area contributed by atoms with Gasteiger partial charge in [0.1, 0.15) is 5.75 Å². The van der Waals surface area contributed by atoms with Gasteiger partial charge in [0.15, 0.2) is 6.61 Å². The van der Waals surface area contributed by atoms with Crippen LogP contribution in [0.5, 0.6) is 5.75 Å². The predicted octanol–water partition coefficient (Wildman–Crippen LogP) is 2.27. The van der Waals surface area contributed by atoms with E-state index in [2.05, 4.69) is 0 Å². The van der Waals surface area contributed by atoms with Crippen molar-refractivity contribution >= 4 is 5.91 Å². The summed E-state index contributed by atoms with van der Waals surface area (Å²) in [4.78, 5) is 14.0. The van der Waals surface area contributed by atoms with Crippen LogP contribution in [0.25, 0.3) is 0 Å². The van der Waals surface area contributed by atoms with Crippen molar-refractivity contribution in [3.05, 3.63) is 29.3 Å². The molecule has 0 bridgehead atoms. The topological polar surface area (TPSA) is 49.8 Å². The molecule has 1 aliphatic rings. The Morgan fingerprint density at radius 3 is 2.60 bits per heavy atom. The number of carbonyl (C=O) groups excluding carboxylic acids is 1. The van der Waals surface area contributed by atoms with E-state index in [0.717, 1.165) is 37.1 Å². The third-order valence-electron chi connectivity index (χ3n) is 3.70. The Kier molecular flexibility index (Phi) is 5.41. The molecule has 0 aliphatic carbocycles. The summed E-state index contributed by atoms with van der Waals surface area (Å²) in [6, 6.07) is 5.62. The van der Waals surface area contributed by atoms with Crippen molar-refractivity contribution in [3.63, 3.8) is 0 Å². The molecule has 1 N–H and O–H groups in total. The molecule has 20 heavy (non-hydrogen) atoms. The molecule has 1 heterocycles. The highest BCUT2D eigenvalue weighted by atomic mass is 16.5. The molecule has 1 aromatic carbocycles. The summed E-state index contributed by atoms with van der Waals surface area (Å²) < 4.78 is 5.59. The number of aryl methyl sites for hydroxylation is 1. The highest BCUT2D eigenvalue weighted by Gasteiger charge is 2.16. The largest absolute Gasteiger partial charge is 0.483 e. The zero-order valence-corrected chi connectivity index (χ0v) is 12.1. The smallest absolute Gasteiger partial charge is 0.260 e. The van der Waals surface area contributed by atoms with Gasteiger partial charge in [-0.05, 0) is 25.8 Å². The second kappa shape index (κ2) is 7.29. The van der Waals surface area contributed by atoms with Gasteiger partial charge >= 0.3 is 0 Å². The lowest BCUT2D eigenvalue weighted by Gasteiger charge is -2.20. The van der Waals surface area contributed by atoms with E-state index in [1.54, 1.807) is 0 Å². The van der Waals surface area contributed by atoms with Crippen LogP contribution in [0.2, 0.25) is 0 Å². The minimum absolute atomic E-state index is 0.0383. The Morgan fingerprint density at radius 2 is 1.95 bits per heavy atom. The molecular weight excluding hydrogens is 254 g/mol. The summed E-state index contributed by atoms with van der Waals surface area (Å²) in [7, 11) is 0. The Labute approximate surface area is 120 Å². The summed E-state index contributed by atoms with van der Waals surface area (Å²) in [5.41, 5.74) is 1.80. The third-order valence-corrected chi connectivity index (χ3v) is 3.70. The summed E-state index contributed by atoms with van der Waals surface area (Å²) in [6.45, 7) is 3.61. The van der Waals surface area contributed by atoms with Gasteiger partial charge in [0.2, 0.25) is 0 Å². The molecule has 1 saturated heterocycles. The number of carbonyl (C=O) groups is 1. The van der Waals surface area contributed by atoms with Gasteiger partial charge in [0.05, 0.1) is 6.61 Å². The maximum absolute atomic E-state index is 12.1. The van der Waals surface area contributed by atoms with Gasteiger partial charge < -0.3 is 14.7 Å². The monoisotopic (exact) mass is 277 g/mol. The van der Waals surface area contributed by atoms with Gasteiger partial charge in [-0.15, -0.1) is 0 Å². The second-order valence-electron chi connectivity index (χ2n) is 5.35. The summed E-state index contributed by atoms with van der Waals surface area (Å²) >= 11 is 0. The Balaban J connectivity index is 1.92. The van der Waals surface area contributed by atoms with E-state index in [4.69, 9.17) is 4.74 Å². The van der Waals surface area contributed by atoms with Gasteiger partial charge in [-0.25, -0.2) is 0 Å². The van der Waals surface area contributed by atoms with Crippen LogP contribution >= 0.6 is 0 Å². The molecular formula is C16H23NO3. The minimum atomic E-state index is -0.0745. The summed E-state index contributed by atoms with van der Waals surface area (Å²) in [6.07, 6.45) is 4.57. The van der Waals surface area contributed by atoms with Crippen LogP contribution in [0.15, 0.2) is 18.2 Å². The molecule has 1 fully saturated rings. The molecule has 0 aromatic heterocycles. The van der Waals surface area contributed by atoms with Gasteiger partial charge in [-0.2, -0.15) is 0 Å². The van der Waals surface area contributed by atoms with Crippen molar-refractivity contribution in [2.24, 2.45) is 0 Å². The summed E-state index contributed by atoms with van der Waals surface area (Å²) in [5, 5.41) is 9.32. The first-order valence-electron chi connectivity index (χ1n) is 7.31. The van der Waals surface area contributed by atoms with E-state index >= 15 is 0 Å². The van der Waals surface area contributed by atoms with Crippen LogP contribution < -0.4 is 4.74 Å². The van der Waals surface area contributed by atoms with Crippen molar-refractivity contribution in [3.8, 4) is 5.75 Å². The predicted molar refractivity (Wildman–Crippen MR) is 77.6 cm³/mol. The Bertz CT molecular complexity index is 451. The number of aliphatic hydroxyl groups excluding tert-OH is 1. The van der Waals surface area contributed by atoms with Gasteiger partial charge in [-0.3, -0.25) is 4.79 Å². The van der Waals surface area contributed by atoms with Crippen molar-refractivity contribution in [1.29, 1.82) is 0 Å². The molecule has 1 aliphatic heterocycles. The highest BCUT2D eigenvalue weighted by molar-refractivity contribution is 5.77. The number of ether oxygens (including phenoxy) is 1. The van der Waals surface area contributed by atoms with Crippen LogP contribution in [0.1, 0.15) is 36.8 Å². The first kappa shape index (κ1) is 14.9. The molecule has 0 saturated carbocycles. The lowest BCUT2D eigenvalue weighted by atomic mass is 10.1. The zero-order chi connectivity index (χ0) is 14.4. The van der Waals surface area contributed by atoms with Gasteiger partial charge in [-0.1, -0.05) is 30.5 Å². The standard InChI is InChI=1S/C16H23NO3/c1-13-6-7-15(14(10-13)11-18)20-12-16(19)17-8-4-2-3-5-9-17/h6-7,10,18H,2-5,8-9,11-12H2,1H3. The molecule has 0 atom stereocenters. The Hall–Kier alpha value is -1.55. The number of rotatable bonds is 4. The van der Waals surface area contributed by atoms with E-state index in [1.165, 1.54) is 12.8 Å². The van der Waals surface area contributed by atoms with E-state index in [1.807, 2.05) is 30.0 Å². The van der Waals surface area contributed by atoms with Crippen LogP contribution in [-0.4, -0.2) is 35.6 Å². The molecule has 110 valence electrons.